The Morgan fingerprint density at radius 1 is 1.40 bits per heavy atom. The zero-order valence-corrected chi connectivity index (χ0v) is 12.1. The van der Waals surface area contributed by atoms with Gasteiger partial charge < -0.3 is 4.57 Å². The van der Waals surface area contributed by atoms with Crippen molar-refractivity contribution in [1.82, 2.24) is 14.8 Å². The summed E-state index contributed by atoms with van der Waals surface area (Å²) in [5.41, 5.74) is 1.39. The van der Waals surface area contributed by atoms with E-state index < -0.39 is 0 Å². The Balaban J connectivity index is 2.60. The number of alkyl halides is 1. The monoisotopic (exact) mass is 294 g/mol. The number of nitrogens with zero attached hydrogens (tertiary/aromatic N) is 4. The van der Waals surface area contributed by atoms with Crippen LogP contribution in [0.1, 0.15) is 24.7 Å². The van der Waals surface area contributed by atoms with E-state index in [9.17, 15) is 10.1 Å². The molecule has 2 rings (SSSR count). The van der Waals surface area contributed by atoms with E-state index >= 15 is 0 Å². The molecule has 1 aromatic carbocycles. The van der Waals surface area contributed by atoms with Crippen molar-refractivity contribution in [2.45, 2.75) is 32.7 Å². The number of benzene rings is 1. The van der Waals surface area contributed by atoms with Crippen molar-refractivity contribution in [1.29, 1.82) is 0 Å². The molecule has 0 spiro atoms. The normalized spacial score (nSPS) is 10.8. The minimum Gasteiger partial charge on any atom is -0.310 e. The molecule has 0 fully saturated rings. The standard InChI is InChI=1S/C13H15ClN4O2/c1-3-7-17-12(8-14)15-16-13(17)10-5-4-6-11(9(10)2)18(19)20/h4-6H,3,7-8H2,1-2H3. The van der Waals surface area contributed by atoms with Crippen molar-refractivity contribution >= 4 is 17.3 Å². The van der Waals surface area contributed by atoms with Crippen LogP contribution in [-0.4, -0.2) is 19.7 Å². The van der Waals surface area contributed by atoms with Crippen molar-refractivity contribution in [3.8, 4) is 11.4 Å². The Morgan fingerprint density at radius 3 is 2.75 bits per heavy atom. The highest BCUT2D eigenvalue weighted by Crippen LogP contribution is 2.29. The number of nitro benzene ring substituents is 1. The van der Waals surface area contributed by atoms with E-state index in [0.717, 1.165) is 18.5 Å². The van der Waals surface area contributed by atoms with Crippen LogP contribution in [0.15, 0.2) is 18.2 Å². The Hall–Kier alpha value is -1.95. The first-order valence-electron chi connectivity index (χ1n) is 6.32. The van der Waals surface area contributed by atoms with Gasteiger partial charge in [0.2, 0.25) is 0 Å². The van der Waals surface area contributed by atoms with E-state index in [1.54, 1.807) is 13.0 Å². The Morgan fingerprint density at radius 2 is 2.15 bits per heavy atom. The molecule has 0 N–H and O–H groups in total. The third-order valence-corrected chi connectivity index (χ3v) is 3.38. The van der Waals surface area contributed by atoms with Gasteiger partial charge in [0.15, 0.2) is 5.82 Å². The first-order chi connectivity index (χ1) is 9.60. The van der Waals surface area contributed by atoms with Crippen LogP contribution in [0.3, 0.4) is 0 Å². The van der Waals surface area contributed by atoms with Gasteiger partial charge in [0.1, 0.15) is 5.82 Å². The van der Waals surface area contributed by atoms with Gasteiger partial charge in [-0.15, -0.1) is 21.8 Å². The molecule has 0 aliphatic carbocycles. The molecule has 6 nitrogen and oxygen atoms in total. The van der Waals surface area contributed by atoms with Crippen LogP contribution in [0.2, 0.25) is 0 Å². The number of halogens is 1. The van der Waals surface area contributed by atoms with E-state index in [1.807, 2.05) is 17.6 Å². The molecule has 0 saturated carbocycles. The minimum atomic E-state index is -0.387. The van der Waals surface area contributed by atoms with Crippen LogP contribution >= 0.6 is 11.6 Å². The van der Waals surface area contributed by atoms with E-state index in [2.05, 4.69) is 10.2 Å². The van der Waals surface area contributed by atoms with Crippen LogP contribution in [-0.2, 0) is 12.4 Å². The summed E-state index contributed by atoms with van der Waals surface area (Å²) in [6, 6.07) is 4.96. The van der Waals surface area contributed by atoms with Gasteiger partial charge in [-0.05, 0) is 13.3 Å². The SMILES string of the molecule is CCCn1c(CCl)nnc1-c1cccc([N+](=O)[O-])c1C. The molecule has 2 aromatic rings. The van der Waals surface area contributed by atoms with Crippen molar-refractivity contribution in [3.63, 3.8) is 0 Å². The molecule has 106 valence electrons. The molecule has 0 aliphatic rings. The van der Waals surface area contributed by atoms with Gasteiger partial charge in [0.05, 0.1) is 10.8 Å². The average molecular weight is 295 g/mol. The quantitative estimate of drug-likeness (QED) is 0.482. The number of rotatable bonds is 5. The molecule has 0 unspecified atom stereocenters. The summed E-state index contributed by atoms with van der Waals surface area (Å²) in [6.45, 7) is 4.49. The lowest BCUT2D eigenvalue weighted by atomic mass is 10.1. The molecule has 1 aromatic heterocycles. The predicted octanol–water partition coefficient (Wildman–Crippen LogP) is 3.31. The zero-order chi connectivity index (χ0) is 14.7. The summed E-state index contributed by atoms with van der Waals surface area (Å²) in [6.07, 6.45) is 0.906. The van der Waals surface area contributed by atoms with Gasteiger partial charge in [-0.1, -0.05) is 19.1 Å². The minimum absolute atomic E-state index is 0.0842. The topological polar surface area (TPSA) is 73.8 Å². The number of hydrogen-bond acceptors (Lipinski definition) is 4. The summed E-state index contributed by atoms with van der Waals surface area (Å²) in [4.78, 5) is 10.6. The van der Waals surface area contributed by atoms with Crippen LogP contribution in [0.4, 0.5) is 5.69 Å². The molecule has 0 atom stereocenters. The van der Waals surface area contributed by atoms with Crippen molar-refractivity contribution in [2.75, 3.05) is 0 Å². The summed E-state index contributed by atoms with van der Waals surface area (Å²) >= 11 is 5.86. The fourth-order valence-electron chi connectivity index (χ4n) is 2.16. The highest BCUT2D eigenvalue weighted by atomic mass is 35.5. The largest absolute Gasteiger partial charge is 0.310 e. The summed E-state index contributed by atoms with van der Waals surface area (Å²) in [5.74, 6) is 1.57. The maximum atomic E-state index is 11.0. The molecular weight excluding hydrogens is 280 g/mol. The molecule has 0 aliphatic heterocycles. The second-order valence-electron chi connectivity index (χ2n) is 4.43. The number of hydrogen-bond donors (Lipinski definition) is 0. The summed E-state index contributed by atoms with van der Waals surface area (Å²) in [7, 11) is 0. The lowest BCUT2D eigenvalue weighted by Gasteiger charge is -2.09. The van der Waals surface area contributed by atoms with Gasteiger partial charge in [0.25, 0.3) is 5.69 Å². The summed E-state index contributed by atoms with van der Waals surface area (Å²) < 4.78 is 1.92. The van der Waals surface area contributed by atoms with Gasteiger partial charge >= 0.3 is 0 Å². The lowest BCUT2D eigenvalue weighted by molar-refractivity contribution is -0.385. The van der Waals surface area contributed by atoms with Crippen LogP contribution < -0.4 is 0 Å². The molecule has 20 heavy (non-hydrogen) atoms. The Labute approximate surface area is 121 Å². The van der Waals surface area contributed by atoms with Crippen molar-refractivity contribution in [3.05, 3.63) is 39.7 Å². The molecular formula is C13H15ClN4O2. The van der Waals surface area contributed by atoms with Crippen molar-refractivity contribution < 1.29 is 4.92 Å². The smallest absolute Gasteiger partial charge is 0.273 e. The van der Waals surface area contributed by atoms with Crippen LogP contribution in [0.5, 0.6) is 0 Å². The Kier molecular flexibility index (Phi) is 4.34. The van der Waals surface area contributed by atoms with E-state index in [-0.39, 0.29) is 16.5 Å². The fraction of sp³-hybridized carbons (Fsp3) is 0.385. The molecule has 0 amide bonds. The molecule has 7 heteroatoms. The Bertz CT molecular complexity index is 639. The van der Waals surface area contributed by atoms with Crippen LogP contribution in [0.25, 0.3) is 11.4 Å². The summed E-state index contributed by atoms with van der Waals surface area (Å²) in [5, 5.41) is 19.2. The van der Waals surface area contributed by atoms with Gasteiger partial charge in [-0.3, -0.25) is 10.1 Å². The molecule has 0 radical (unpaired) electrons. The van der Waals surface area contributed by atoms with Gasteiger partial charge in [0, 0.05) is 23.7 Å². The first-order valence-corrected chi connectivity index (χ1v) is 6.86. The maximum Gasteiger partial charge on any atom is 0.273 e. The molecule has 0 saturated heterocycles. The third kappa shape index (κ3) is 2.51. The zero-order valence-electron chi connectivity index (χ0n) is 11.3. The van der Waals surface area contributed by atoms with E-state index in [4.69, 9.17) is 11.6 Å². The average Bonchev–Trinajstić information content (AvgIpc) is 2.82. The fourth-order valence-corrected chi connectivity index (χ4v) is 2.35. The predicted molar refractivity (Wildman–Crippen MR) is 76.7 cm³/mol. The lowest BCUT2D eigenvalue weighted by Crippen LogP contribution is -2.05. The molecule has 0 bridgehead atoms. The highest BCUT2D eigenvalue weighted by Gasteiger charge is 2.19. The van der Waals surface area contributed by atoms with Crippen molar-refractivity contribution in [2.24, 2.45) is 0 Å². The third-order valence-electron chi connectivity index (χ3n) is 3.14. The number of aromatic nitrogens is 3. The first kappa shape index (κ1) is 14.5. The van der Waals surface area contributed by atoms with Gasteiger partial charge in [-0.25, -0.2) is 0 Å². The second-order valence-corrected chi connectivity index (χ2v) is 4.70. The van der Waals surface area contributed by atoms with E-state index in [1.165, 1.54) is 6.07 Å². The second kappa shape index (κ2) is 6.00. The number of nitro groups is 1. The van der Waals surface area contributed by atoms with E-state index in [0.29, 0.717) is 17.2 Å². The maximum absolute atomic E-state index is 11.0. The van der Waals surface area contributed by atoms with Gasteiger partial charge in [-0.2, -0.15) is 0 Å². The molecule has 1 heterocycles. The highest BCUT2D eigenvalue weighted by molar-refractivity contribution is 6.16. The van der Waals surface area contributed by atoms with Crippen LogP contribution in [0, 0.1) is 17.0 Å².